The summed E-state index contributed by atoms with van der Waals surface area (Å²) >= 11 is 0. The van der Waals surface area contributed by atoms with Crippen molar-refractivity contribution < 1.29 is 0 Å². The van der Waals surface area contributed by atoms with Crippen LogP contribution in [-0.2, 0) is 0 Å². The number of nitrogens with zero attached hydrogens (tertiary/aromatic N) is 2. The van der Waals surface area contributed by atoms with Crippen LogP contribution in [0.4, 0.5) is 0 Å². The number of hydrogen-bond acceptors (Lipinski definition) is 2. The zero-order chi connectivity index (χ0) is 17.7. The van der Waals surface area contributed by atoms with Crippen LogP contribution in [0.5, 0.6) is 0 Å². The predicted molar refractivity (Wildman–Crippen MR) is 108 cm³/mol. The molecule has 8 bridgehead atoms. The summed E-state index contributed by atoms with van der Waals surface area (Å²) in [5.41, 5.74) is 10.4. The van der Waals surface area contributed by atoms with E-state index in [0.29, 0.717) is 0 Å². The normalized spacial score (nSPS) is 12.7. The van der Waals surface area contributed by atoms with E-state index < -0.39 is 0 Å². The molecule has 126 valence electrons. The van der Waals surface area contributed by atoms with Crippen molar-refractivity contribution in [1.82, 2.24) is 19.9 Å². The van der Waals surface area contributed by atoms with Crippen LogP contribution >= 0.6 is 0 Å². The molecule has 2 aliphatic rings. The average molecular weight is 338 g/mol. The van der Waals surface area contributed by atoms with Gasteiger partial charge in [-0.2, -0.15) is 0 Å². The van der Waals surface area contributed by atoms with Crippen molar-refractivity contribution in [2.75, 3.05) is 0 Å². The van der Waals surface area contributed by atoms with E-state index >= 15 is 0 Å². The molecular weight excluding hydrogens is 320 g/mol. The SMILES string of the molecule is Cc1cc2cc3nc(cc4[nH]c(cc5nc(cc1[nH]2)C=C5)cc4C)C=C3. The highest BCUT2D eigenvalue weighted by Gasteiger charge is 2.04. The molecule has 4 heteroatoms. The van der Waals surface area contributed by atoms with E-state index in [1.165, 1.54) is 11.1 Å². The number of hydrogen-bond donors (Lipinski definition) is 2. The number of rotatable bonds is 0. The summed E-state index contributed by atoms with van der Waals surface area (Å²) in [4.78, 5) is 16.3. The maximum atomic E-state index is 4.71. The van der Waals surface area contributed by atoms with Crippen molar-refractivity contribution in [2.45, 2.75) is 13.8 Å². The summed E-state index contributed by atoms with van der Waals surface area (Å²) < 4.78 is 0. The first-order valence-electron chi connectivity index (χ1n) is 8.68. The number of aromatic amines is 2. The quantitative estimate of drug-likeness (QED) is 0.404. The molecule has 0 spiro atoms. The molecule has 2 aliphatic heterocycles. The maximum Gasteiger partial charge on any atom is 0.0658 e. The Morgan fingerprint density at radius 1 is 0.538 bits per heavy atom. The van der Waals surface area contributed by atoms with Gasteiger partial charge in [0.2, 0.25) is 0 Å². The zero-order valence-corrected chi connectivity index (χ0v) is 14.7. The second-order valence-electron chi connectivity index (χ2n) is 6.81. The van der Waals surface area contributed by atoms with Gasteiger partial charge < -0.3 is 9.97 Å². The highest BCUT2D eigenvalue weighted by Crippen LogP contribution is 2.20. The van der Waals surface area contributed by atoms with Crippen molar-refractivity contribution in [2.24, 2.45) is 0 Å². The third-order valence-corrected chi connectivity index (χ3v) is 4.71. The van der Waals surface area contributed by atoms with Gasteiger partial charge in [0.1, 0.15) is 0 Å². The molecule has 0 fully saturated rings. The van der Waals surface area contributed by atoms with Gasteiger partial charge in [0, 0.05) is 22.1 Å². The molecule has 5 rings (SSSR count). The number of aromatic nitrogens is 4. The molecule has 0 amide bonds. The number of H-pyrrole nitrogens is 2. The summed E-state index contributed by atoms with van der Waals surface area (Å²) in [5, 5.41) is 0. The van der Waals surface area contributed by atoms with Crippen molar-refractivity contribution in [3.05, 3.63) is 70.3 Å². The third kappa shape index (κ3) is 2.65. The summed E-state index contributed by atoms with van der Waals surface area (Å²) in [7, 11) is 0. The van der Waals surface area contributed by atoms with E-state index in [9.17, 15) is 0 Å². The first-order valence-corrected chi connectivity index (χ1v) is 8.68. The molecular formula is C22H18N4. The summed E-state index contributed by atoms with van der Waals surface area (Å²) in [6.45, 7) is 4.20. The highest BCUT2D eigenvalue weighted by atomic mass is 14.8. The maximum absolute atomic E-state index is 4.71. The van der Waals surface area contributed by atoms with Crippen molar-refractivity contribution in [3.63, 3.8) is 0 Å². The first kappa shape index (κ1) is 14.9. The smallest absolute Gasteiger partial charge is 0.0658 e. The Labute approximate surface area is 151 Å². The van der Waals surface area contributed by atoms with Gasteiger partial charge in [-0.15, -0.1) is 0 Å². The van der Waals surface area contributed by atoms with Gasteiger partial charge in [-0.3, -0.25) is 0 Å². The fraction of sp³-hybridized carbons (Fsp3) is 0.0909. The van der Waals surface area contributed by atoms with Gasteiger partial charge >= 0.3 is 0 Å². The van der Waals surface area contributed by atoms with Gasteiger partial charge in [0.15, 0.2) is 0 Å². The highest BCUT2D eigenvalue weighted by molar-refractivity contribution is 5.78. The van der Waals surface area contributed by atoms with Crippen LogP contribution in [0.3, 0.4) is 0 Å². The average Bonchev–Trinajstić information content (AvgIpc) is 3.34. The Morgan fingerprint density at radius 3 is 1.35 bits per heavy atom. The predicted octanol–water partition coefficient (Wildman–Crippen LogP) is 5.27. The molecule has 0 saturated carbocycles. The summed E-state index contributed by atoms with van der Waals surface area (Å²) in [5.74, 6) is 0. The Hall–Kier alpha value is -3.40. The lowest BCUT2D eigenvalue weighted by Crippen LogP contribution is -1.76. The van der Waals surface area contributed by atoms with E-state index in [-0.39, 0.29) is 0 Å². The van der Waals surface area contributed by atoms with Crippen LogP contribution in [0.1, 0.15) is 33.9 Å². The second kappa shape index (κ2) is 5.56. The standard InChI is InChI=1S/C22H18N4/c1-13-7-19-9-15-4-6-18(24-15)12-22-14(2)8-20(26-22)10-16-3-5-17(23-16)11-21(13)25-19/h3-12,25-26H,1-2H3. The van der Waals surface area contributed by atoms with E-state index in [0.717, 1.165) is 44.8 Å². The fourth-order valence-electron chi connectivity index (χ4n) is 3.38. The lowest BCUT2D eigenvalue weighted by Gasteiger charge is -1.87. The molecule has 5 heterocycles. The number of nitrogens with one attached hydrogen (secondary N) is 2. The van der Waals surface area contributed by atoms with Crippen molar-refractivity contribution >= 4 is 46.4 Å². The molecule has 4 nitrogen and oxygen atoms in total. The largest absolute Gasteiger partial charge is 0.355 e. The van der Waals surface area contributed by atoms with E-state index in [4.69, 9.17) is 9.97 Å². The number of fused-ring (bicyclic) bond motifs is 8. The Morgan fingerprint density at radius 2 is 0.923 bits per heavy atom. The molecule has 0 aliphatic carbocycles. The molecule has 3 aromatic heterocycles. The van der Waals surface area contributed by atoms with Crippen LogP contribution in [0, 0.1) is 13.8 Å². The van der Waals surface area contributed by atoms with Crippen LogP contribution in [0.25, 0.3) is 46.4 Å². The molecule has 0 atom stereocenters. The van der Waals surface area contributed by atoms with Crippen molar-refractivity contribution in [3.8, 4) is 0 Å². The monoisotopic (exact) mass is 338 g/mol. The van der Waals surface area contributed by atoms with E-state index in [2.05, 4.69) is 60.2 Å². The lowest BCUT2D eigenvalue weighted by atomic mass is 10.2. The van der Waals surface area contributed by atoms with Crippen LogP contribution in [-0.4, -0.2) is 19.9 Å². The van der Waals surface area contributed by atoms with Crippen LogP contribution in [0.15, 0.2) is 36.4 Å². The minimum Gasteiger partial charge on any atom is -0.355 e. The molecule has 0 aromatic carbocycles. The number of aryl methyl sites for hydroxylation is 2. The Kier molecular flexibility index (Phi) is 3.19. The molecule has 0 unspecified atom stereocenters. The zero-order valence-electron chi connectivity index (χ0n) is 14.7. The summed E-state index contributed by atoms with van der Waals surface area (Å²) in [6, 6.07) is 12.6. The molecule has 3 aromatic rings. The van der Waals surface area contributed by atoms with Crippen molar-refractivity contribution in [1.29, 1.82) is 0 Å². The third-order valence-electron chi connectivity index (χ3n) is 4.71. The van der Waals surface area contributed by atoms with Gasteiger partial charge in [0.05, 0.1) is 22.8 Å². The molecule has 0 radical (unpaired) electrons. The molecule has 2 N–H and O–H groups in total. The molecule has 26 heavy (non-hydrogen) atoms. The van der Waals surface area contributed by atoms with Crippen LogP contribution in [0.2, 0.25) is 0 Å². The van der Waals surface area contributed by atoms with Gasteiger partial charge in [-0.25, -0.2) is 9.97 Å². The fourth-order valence-corrected chi connectivity index (χ4v) is 3.38. The lowest BCUT2D eigenvalue weighted by molar-refractivity contribution is 1.31. The van der Waals surface area contributed by atoms with Gasteiger partial charge in [-0.1, -0.05) is 0 Å². The Bertz CT molecular complexity index is 1150. The minimum atomic E-state index is 0.945. The van der Waals surface area contributed by atoms with Gasteiger partial charge in [-0.05, 0) is 85.7 Å². The topological polar surface area (TPSA) is 57.4 Å². The molecule has 0 saturated heterocycles. The Balaban J connectivity index is 1.89. The summed E-state index contributed by atoms with van der Waals surface area (Å²) in [6.07, 6.45) is 8.17. The van der Waals surface area contributed by atoms with E-state index in [1.807, 2.05) is 24.3 Å². The van der Waals surface area contributed by atoms with Gasteiger partial charge in [0.25, 0.3) is 0 Å². The first-order chi connectivity index (χ1) is 12.6. The minimum absolute atomic E-state index is 0.945. The van der Waals surface area contributed by atoms with E-state index in [1.54, 1.807) is 0 Å². The second-order valence-corrected chi connectivity index (χ2v) is 6.81. The van der Waals surface area contributed by atoms with Crippen LogP contribution < -0.4 is 0 Å².